The number of hydrogen-bond acceptors (Lipinski definition) is 1. The van der Waals surface area contributed by atoms with Gasteiger partial charge in [0, 0.05) is 24.4 Å². The predicted octanol–water partition coefficient (Wildman–Crippen LogP) is 3.10. The summed E-state index contributed by atoms with van der Waals surface area (Å²) in [6, 6.07) is 5.15. The molecule has 0 heterocycles. The molecule has 1 saturated carbocycles. The lowest BCUT2D eigenvalue weighted by atomic mass is 9.88. The summed E-state index contributed by atoms with van der Waals surface area (Å²) in [7, 11) is 0. The van der Waals surface area contributed by atoms with Crippen LogP contribution in [0.15, 0.2) is 18.2 Å². The fraction of sp³-hybridized carbons (Fsp3) is 0.538. The molecule has 0 spiro atoms. The quantitative estimate of drug-likeness (QED) is 0.840. The minimum Gasteiger partial charge on any atom is -0.330 e. The summed E-state index contributed by atoms with van der Waals surface area (Å²) in [5.74, 6) is -2.78. The van der Waals surface area contributed by atoms with Crippen molar-refractivity contribution in [3.63, 3.8) is 0 Å². The molecular weight excluding hydrogens is 208 g/mol. The number of hydrogen-bond donors (Lipinski definition) is 1. The van der Waals surface area contributed by atoms with Crippen LogP contribution in [0.1, 0.15) is 36.5 Å². The van der Waals surface area contributed by atoms with Crippen molar-refractivity contribution in [1.29, 1.82) is 0 Å². The maximum absolute atomic E-state index is 13.5. The van der Waals surface area contributed by atoms with Crippen LogP contribution >= 0.6 is 0 Å². The SMILES string of the molecule is Cc1ccc(C(C)(F)F)c(C2(CN)CC2)c1. The number of rotatable bonds is 3. The average Bonchev–Trinajstić information content (AvgIpc) is 2.96. The van der Waals surface area contributed by atoms with Gasteiger partial charge in [-0.15, -0.1) is 0 Å². The molecule has 1 nitrogen and oxygen atoms in total. The van der Waals surface area contributed by atoms with Crippen LogP contribution in [-0.4, -0.2) is 6.54 Å². The zero-order valence-corrected chi connectivity index (χ0v) is 9.69. The molecule has 0 unspecified atom stereocenters. The van der Waals surface area contributed by atoms with Crippen molar-refractivity contribution < 1.29 is 8.78 Å². The maximum Gasteiger partial charge on any atom is 0.270 e. The summed E-state index contributed by atoms with van der Waals surface area (Å²) >= 11 is 0. The first-order chi connectivity index (χ1) is 7.39. The molecule has 2 rings (SSSR count). The molecule has 16 heavy (non-hydrogen) atoms. The Hall–Kier alpha value is -0.960. The Morgan fingerprint density at radius 1 is 1.38 bits per heavy atom. The summed E-state index contributed by atoms with van der Waals surface area (Å²) in [4.78, 5) is 0. The number of nitrogens with two attached hydrogens (primary N) is 1. The Morgan fingerprint density at radius 2 is 2.00 bits per heavy atom. The van der Waals surface area contributed by atoms with Gasteiger partial charge in [0.25, 0.3) is 5.92 Å². The third-order valence-electron chi connectivity index (χ3n) is 3.46. The Bertz CT molecular complexity index is 403. The summed E-state index contributed by atoms with van der Waals surface area (Å²) in [6.45, 7) is 3.33. The second-order valence-electron chi connectivity index (χ2n) is 4.92. The molecule has 0 aliphatic heterocycles. The van der Waals surface area contributed by atoms with Crippen LogP contribution in [-0.2, 0) is 11.3 Å². The van der Waals surface area contributed by atoms with Crippen LogP contribution in [0, 0.1) is 6.92 Å². The fourth-order valence-corrected chi connectivity index (χ4v) is 2.21. The Labute approximate surface area is 94.7 Å². The monoisotopic (exact) mass is 225 g/mol. The van der Waals surface area contributed by atoms with E-state index in [4.69, 9.17) is 5.73 Å². The predicted molar refractivity (Wildman–Crippen MR) is 60.7 cm³/mol. The molecule has 1 aliphatic rings. The second kappa shape index (κ2) is 3.52. The Morgan fingerprint density at radius 3 is 2.44 bits per heavy atom. The lowest BCUT2D eigenvalue weighted by Gasteiger charge is -2.22. The lowest BCUT2D eigenvalue weighted by Crippen LogP contribution is -2.24. The van der Waals surface area contributed by atoms with Gasteiger partial charge in [0.1, 0.15) is 0 Å². The van der Waals surface area contributed by atoms with E-state index in [1.165, 1.54) is 0 Å². The van der Waals surface area contributed by atoms with Crippen molar-refractivity contribution in [3.8, 4) is 0 Å². The van der Waals surface area contributed by atoms with Crippen LogP contribution in [0.4, 0.5) is 8.78 Å². The van der Waals surface area contributed by atoms with E-state index in [0.717, 1.165) is 30.9 Å². The molecule has 0 amide bonds. The van der Waals surface area contributed by atoms with E-state index in [1.54, 1.807) is 12.1 Å². The van der Waals surface area contributed by atoms with E-state index in [9.17, 15) is 8.78 Å². The van der Waals surface area contributed by atoms with Crippen LogP contribution < -0.4 is 5.73 Å². The number of halogens is 2. The Balaban J connectivity index is 2.54. The highest BCUT2D eigenvalue weighted by Crippen LogP contribution is 2.50. The first-order valence-electron chi connectivity index (χ1n) is 5.58. The standard InChI is InChI=1S/C13H17F2N/c1-9-3-4-10(12(2,14)15)11(7-9)13(8-16)5-6-13/h3-4,7H,5-6,8,16H2,1-2H3. The molecule has 1 aromatic carbocycles. The van der Waals surface area contributed by atoms with E-state index < -0.39 is 5.92 Å². The van der Waals surface area contributed by atoms with Gasteiger partial charge in [-0.3, -0.25) is 0 Å². The highest BCUT2D eigenvalue weighted by atomic mass is 19.3. The molecule has 1 fully saturated rings. The first-order valence-corrected chi connectivity index (χ1v) is 5.58. The normalized spacial score (nSPS) is 18.6. The third kappa shape index (κ3) is 1.84. The molecule has 2 N–H and O–H groups in total. The van der Waals surface area contributed by atoms with E-state index >= 15 is 0 Å². The number of benzene rings is 1. The molecule has 0 aromatic heterocycles. The molecule has 0 bridgehead atoms. The third-order valence-corrected chi connectivity index (χ3v) is 3.46. The molecule has 1 aliphatic carbocycles. The zero-order valence-electron chi connectivity index (χ0n) is 9.69. The van der Waals surface area contributed by atoms with Gasteiger partial charge in [0.15, 0.2) is 0 Å². The van der Waals surface area contributed by atoms with Gasteiger partial charge < -0.3 is 5.73 Å². The molecular formula is C13H17F2N. The van der Waals surface area contributed by atoms with Gasteiger partial charge in [-0.25, -0.2) is 8.78 Å². The largest absolute Gasteiger partial charge is 0.330 e. The second-order valence-corrected chi connectivity index (χ2v) is 4.92. The van der Waals surface area contributed by atoms with E-state index in [-0.39, 0.29) is 11.0 Å². The van der Waals surface area contributed by atoms with Crippen molar-refractivity contribution in [3.05, 3.63) is 34.9 Å². The minimum atomic E-state index is -2.78. The highest BCUT2D eigenvalue weighted by molar-refractivity contribution is 5.43. The van der Waals surface area contributed by atoms with Crippen molar-refractivity contribution >= 4 is 0 Å². The van der Waals surface area contributed by atoms with Crippen molar-refractivity contribution in [2.24, 2.45) is 5.73 Å². The summed E-state index contributed by atoms with van der Waals surface area (Å²) in [5, 5.41) is 0. The summed E-state index contributed by atoms with van der Waals surface area (Å²) in [6.07, 6.45) is 1.85. The molecule has 0 atom stereocenters. The maximum atomic E-state index is 13.5. The van der Waals surface area contributed by atoms with Gasteiger partial charge in [-0.05, 0) is 25.3 Å². The van der Waals surface area contributed by atoms with Gasteiger partial charge in [0.2, 0.25) is 0 Å². The number of alkyl halides is 2. The van der Waals surface area contributed by atoms with Crippen molar-refractivity contribution in [2.75, 3.05) is 6.54 Å². The molecule has 0 radical (unpaired) electrons. The van der Waals surface area contributed by atoms with Crippen LogP contribution in [0.25, 0.3) is 0 Å². The lowest BCUT2D eigenvalue weighted by molar-refractivity contribution is 0.0160. The summed E-state index contributed by atoms with van der Waals surface area (Å²) < 4.78 is 27.0. The Kier molecular flexibility index (Phi) is 2.54. The van der Waals surface area contributed by atoms with Gasteiger partial charge >= 0.3 is 0 Å². The fourth-order valence-electron chi connectivity index (χ4n) is 2.21. The van der Waals surface area contributed by atoms with Gasteiger partial charge in [-0.1, -0.05) is 23.8 Å². The van der Waals surface area contributed by atoms with Crippen LogP contribution in [0.2, 0.25) is 0 Å². The smallest absolute Gasteiger partial charge is 0.270 e. The minimum absolute atomic E-state index is 0.140. The highest BCUT2D eigenvalue weighted by Gasteiger charge is 2.46. The van der Waals surface area contributed by atoms with Crippen LogP contribution in [0.3, 0.4) is 0 Å². The molecule has 88 valence electrons. The van der Waals surface area contributed by atoms with Gasteiger partial charge in [-0.2, -0.15) is 0 Å². The molecule has 3 heteroatoms. The van der Waals surface area contributed by atoms with Gasteiger partial charge in [0.05, 0.1) is 0 Å². The number of aryl methyl sites for hydroxylation is 1. The average molecular weight is 225 g/mol. The van der Waals surface area contributed by atoms with Crippen molar-refractivity contribution in [1.82, 2.24) is 0 Å². The molecule has 0 saturated heterocycles. The molecule has 1 aromatic rings. The summed E-state index contributed by atoms with van der Waals surface area (Å²) in [5.41, 5.74) is 7.45. The van der Waals surface area contributed by atoms with E-state index in [2.05, 4.69) is 0 Å². The van der Waals surface area contributed by atoms with E-state index in [1.807, 2.05) is 13.0 Å². The van der Waals surface area contributed by atoms with E-state index in [0.29, 0.717) is 6.54 Å². The van der Waals surface area contributed by atoms with Crippen molar-refractivity contribution in [2.45, 2.75) is 38.0 Å². The zero-order chi connectivity index (χ0) is 12.0. The first kappa shape index (κ1) is 11.5. The van der Waals surface area contributed by atoms with Crippen LogP contribution in [0.5, 0.6) is 0 Å². The topological polar surface area (TPSA) is 26.0 Å².